The minimum absolute atomic E-state index is 0.00538. The fraction of sp³-hybridized carbons (Fsp3) is 0.350. The van der Waals surface area contributed by atoms with Gasteiger partial charge in [0.25, 0.3) is 15.9 Å². The molecule has 0 spiro atoms. The molecule has 0 unspecified atom stereocenters. The topological polar surface area (TPSA) is 84.5 Å². The molecule has 0 aliphatic rings. The molecule has 0 bridgehead atoms. The molecule has 2 aromatic carbocycles. The van der Waals surface area contributed by atoms with E-state index in [9.17, 15) is 13.2 Å². The smallest absolute Gasteiger partial charge is 0.261 e. The van der Waals surface area contributed by atoms with Crippen LogP contribution in [0.5, 0.6) is 5.75 Å². The Labute approximate surface area is 171 Å². The molecule has 1 amide bonds. The van der Waals surface area contributed by atoms with Crippen molar-refractivity contribution in [2.75, 3.05) is 11.3 Å². The van der Waals surface area contributed by atoms with Gasteiger partial charge < -0.3 is 10.1 Å². The number of hydrogen-bond acceptors (Lipinski definition) is 4. The number of benzene rings is 2. The third-order valence-electron chi connectivity index (χ3n) is 4.23. The molecule has 0 aliphatic carbocycles. The second-order valence-corrected chi connectivity index (χ2v) is 8.28. The molecule has 2 N–H and O–H groups in total. The molecule has 2 aromatic rings. The molecule has 0 saturated heterocycles. The molecular formula is C20H25ClN2O4S. The lowest BCUT2D eigenvalue weighted by Gasteiger charge is -2.16. The molecule has 0 aromatic heterocycles. The van der Waals surface area contributed by atoms with Gasteiger partial charge in [-0.05, 0) is 62.2 Å². The first-order valence-electron chi connectivity index (χ1n) is 9.16. The van der Waals surface area contributed by atoms with Crippen molar-refractivity contribution in [1.82, 2.24) is 5.32 Å². The van der Waals surface area contributed by atoms with Crippen molar-refractivity contribution in [3.8, 4) is 5.75 Å². The van der Waals surface area contributed by atoms with Crippen molar-refractivity contribution < 1.29 is 17.9 Å². The zero-order chi connectivity index (χ0) is 20.7. The van der Waals surface area contributed by atoms with Crippen molar-refractivity contribution in [3.63, 3.8) is 0 Å². The van der Waals surface area contributed by atoms with Gasteiger partial charge >= 0.3 is 0 Å². The molecule has 0 atom stereocenters. The summed E-state index contributed by atoms with van der Waals surface area (Å²) in [7, 11) is -3.88. The Kier molecular flexibility index (Phi) is 7.71. The summed E-state index contributed by atoms with van der Waals surface area (Å²) in [4.78, 5) is 12.5. The standard InChI is InChI=1S/C20H25ClN2O4S/c1-4-14(5-2)22-20(24)18-13-17(11-12-19(18)21)28(25,26)23-15-7-9-16(10-8-15)27-6-3/h7-14,23H,4-6H2,1-3H3,(H,22,24). The Bertz CT molecular complexity index is 910. The van der Waals surface area contributed by atoms with Gasteiger partial charge in [-0.3, -0.25) is 9.52 Å². The molecule has 152 valence electrons. The van der Waals surface area contributed by atoms with E-state index in [2.05, 4.69) is 10.0 Å². The van der Waals surface area contributed by atoms with Crippen LogP contribution >= 0.6 is 11.6 Å². The number of rotatable bonds is 9. The summed E-state index contributed by atoms with van der Waals surface area (Å²) in [6.45, 7) is 6.33. The third-order valence-corrected chi connectivity index (χ3v) is 5.94. The minimum Gasteiger partial charge on any atom is -0.494 e. The SMILES string of the molecule is CCOc1ccc(NS(=O)(=O)c2ccc(Cl)c(C(=O)NC(CC)CC)c2)cc1. The van der Waals surface area contributed by atoms with Gasteiger partial charge in [0, 0.05) is 11.7 Å². The number of nitrogens with one attached hydrogen (secondary N) is 2. The van der Waals surface area contributed by atoms with Crippen LogP contribution in [0, 0.1) is 0 Å². The molecule has 0 radical (unpaired) electrons. The highest BCUT2D eigenvalue weighted by Crippen LogP contribution is 2.24. The third kappa shape index (κ3) is 5.62. The van der Waals surface area contributed by atoms with Gasteiger partial charge in [-0.15, -0.1) is 0 Å². The van der Waals surface area contributed by atoms with Crippen LogP contribution in [0.2, 0.25) is 5.02 Å². The fourth-order valence-electron chi connectivity index (χ4n) is 2.60. The second-order valence-electron chi connectivity index (χ2n) is 6.19. The predicted octanol–water partition coefficient (Wildman–Crippen LogP) is 4.46. The molecule has 2 rings (SSSR count). The lowest BCUT2D eigenvalue weighted by molar-refractivity contribution is 0.0935. The predicted molar refractivity (Wildman–Crippen MR) is 112 cm³/mol. The number of carbonyl (C=O) groups excluding carboxylic acids is 1. The van der Waals surface area contributed by atoms with E-state index in [1.807, 2.05) is 20.8 Å². The summed E-state index contributed by atoms with van der Waals surface area (Å²) >= 11 is 6.13. The van der Waals surface area contributed by atoms with Crippen LogP contribution in [0.4, 0.5) is 5.69 Å². The van der Waals surface area contributed by atoms with E-state index < -0.39 is 15.9 Å². The van der Waals surface area contributed by atoms with E-state index in [1.54, 1.807) is 24.3 Å². The minimum atomic E-state index is -3.88. The maximum atomic E-state index is 12.7. The van der Waals surface area contributed by atoms with Gasteiger partial charge in [0.2, 0.25) is 0 Å². The number of ether oxygens (including phenoxy) is 1. The number of amides is 1. The first-order chi connectivity index (χ1) is 13.3. The van der Waals surface area contributed by atoms with E-state index in [0.29, 0.717) is 18.0 Å². The summed E-state index contributed by atoms with van der Waals surface area (Å²) < 4.78 is 33.3. The van der Waals surface area contributed by atoms with E-state index in [0.717, 1.165) is 12.8 Å². The molecule has 0 fully saturated rings. The molecule has 0 heterocycles. The summed E-state index contributed by atoms with van der Waals surface area (Å²) in [6.07, 6.45) is 1.55. The van der Waals surface area contributed by atoms with E-state index in [1.165, 1.54) is 18.2 Å². The van der Waals surface area contributed by atoms with Gasteiger partial charge in [0.05, 0.1) is 22.1 Å². The number of anilines is 1. The molecule has 28 heavy (non-hydrogen) atoms. The maximum absolute atomic E-state index is 12.7. The lowest BCUT2D eigenvalue weighted by Crippen LogP contribution is -2.34. The fourth-order valence-corrected chi connectivity index (χ4v) is 3.89. The van der Waals surface area contributed by atoms with Crippen molar-refractivity contribution in [2.45, 2.75) is 44.6 Å². The van der Waals surface area contributed by atoms with E-state index >= 15 is 0 Å². The number of carbonyl (C=O) groups is 1. The van der Waals surface area contributed by atoms with Crippen LogP contribution in [0.15, 0.2) is 47.4 Å². The quantitative estimate of drug-likeness (QED) is 0.622. The zero-order valence-corrected chi connectivity index (χ0v) is 17.7. The summed E-state index contributed by atoms with van der Waals surface area (Å²) in [5.41, 5.74) is 0.518. The first kappa shape index (κ1) is 22.0. The Morgan fingerprint density at radius 1 is 1.07 bits per heavy atom. The highest BCUT2D eigenvalue weighted by atomic mass is 35.5. The summed E-state index contributed by atoms with van der Waals surface area (Å²) in [6, 6.07) is 10.7. The van der Waals surface area contributed by atoms with Gasteiger partial charge in [-0.1, -0.05) is 25.4 Å². The van der Waals surface area contributed by atoms with E-state index in [-0.39, 0.29) is 21.5 Å². The largest absolute Gasteiger partial charge is 0.494 e. The van der Waals surface area contributed by atoms with Crippen LogP contribution in [-0.2, 0) is 10.0 Å². The summed E-state index contributed by atoms with van der Waals surface area (Å²) in [5.74, 6) is 0.258. The van der Waals surface area contributed by atoms with E-state index in [4.69, 9.17) is 16.3 Å². The molecular weight excluding hydrogens is 400 g/mol. The second kappa shape index (κ2) is 9.80. The average Bonchev–Trinajstić information content (AvgIpc) is 2.67. The van der Waals surface area contributed by atoms with Gasteiger partial charge in [-0.25, -0.2) is 8.42 Å². The highest BCUT2D eigenvalue weighted by molar-refractivity contribution is 7.92. The maximum Gasteiger partial charge on any atom is 0.261 e. The summed E-state index contributed by atoms with van der Waals surface area (Å²) in [5, 5.41) is 3.07. The monoisotopic (exact) mass is 424 g/mol. The molecule has 6 nitrogen and oxygen atoms in total. The number of sulfonamides is 1. The Morgan fingerprint density at radius 2 is 1.71 bits per heavy atom. The van der Waals surface area contributed by atoms with Crippen LogP contribution < -0.4 is 14.8 Å². The Hall–Kier alpha value is -2.25. The Balaban J connectivity index is 2.24. The average molecular weight is 425 g/mol. The van der Waals surface area contributed by atoms with Crippen molar-refractivity contribution in [3.05, 3.63) is 53.1 Å². The first-order valence-corrected chi connectivity index (χ1v) is 11.0. The van der Waals surface area contributed by atoms with Crippen LogP contribution in [0.1, 0.15) is 44.0 Å². The van der Waals surface area contributed by atoms with Gasteiger partial charge in [0.15, 0.2) is 0 Å². The molecule has 0 aliphatic heterocycles. The number of hydrogen-bond donors (Lipinski definition) is 2. The molecule has 8 heteroatoms. The van der Waals surface area contributed by atoms with Crippen LogP contribution in [-0.4, -0.2) is 27.0 Å². The number of halogens is 1. The zero-order valence-electron chi connectivity index (χ0n) is 16.2. The molecule has 0 saturated carbocycles. The van der Waals surface area contributed by atoms with Gasteiger partial charge in [0.1, 0.15) is 5.75 Å². The lowest BCUT2D eigenvalue weighted by atomic mass is 10.1. The normalized spacial score (nSPS) is 11.3. The van der Waals surface area contributed by atoms with Crippen molar-refractivity contribution in [1.29, 1.82) is 0 Å². The van der Waals surface area contributed by atoms with Crippen LogP contribution in [0.25, 0.3) is 0 Å². The van der Waals surface area contributed by atoms with Crippen molar-refractivity contribution in [2.24, 2.45) is 0 Å². The van der Waals surface area contributed by atoms with Crippen molar-refractivity contribution >= 4 is 33.2 Å². The highest BCUT2D eigenvalue weighted by Gasteiger charge is 2.20. The Morgan fingerprint density at radius 3 is 2.29 bits per heavy atom. The van der Waals surface area contributed by atoms with Crippen LogP contribution in [0.3, 0.4) is 0 Å². The van der Waals surface area contributed by atoms with Gasteiger partial charge in [-0.2, -0.15) is 0 Å².